The predicted octanol–water partition coefficient (Wildman–Crippen LogP) is 2.47. The van der Waals surface area contributed by atoms with E-state index < -0.39 is 0 Å². The summed E-state index contributed by atoms with van der Waals surface area (Å²) in [5, 5.41) is 2.58. The van der Waals surface area contributed by atoms with Gasteiger partial charge in [0.1, 0.15) is 0 Å². The fourth-order valence-corrected chi connectivity index (χ4v) is 1.73. The lowest BCUT2D eigenvalue weighted by Crippen LogP contribution is -2.13. The molecule has 2 rings (SSSR count). The second kappa shape index (κ2) is 7.13. The maximum Gasteiger partial charge on any atom is 0.229 e. The van der Waals surface area contributed by atoms with Gasteiger partial charge in [0.15, 0.2) is 5.78 Å². The van der Waals surface area contributed by atoms with Crippen LogP contribution in [0.4, 0.5) is 5.95 Å². The number of hydrogen-bond acceptors (Lipinski definition) is 4. The number of benzene rings is 1. The number of anilines is 1. The minimum Gasteiger partial charge on any atom is -0.295 e. The molecule has 0 aliphatic rings. The number of nitrogens with zero attached hydrogens (tertiary/aromatic N) is 2. The van der Waals surface area contributed by atoms with Crippen molar-refractivity contribution < 1.29 is 9.59 Å². The zero-order valence-corrected chi connectivity index (χ0v) is 11.0. The topological polar surface area (TPSA) is 72.0 Å². The Balaban J connectivity index is 1.73. The molecule has 5 heteroatoms. The van der Waals surface area contributed by atoms with Crippen molar-refractivity contribution in [3.05, 3.63) is 54.4 Å². The second-order valence-electron chi connectivity index (χ2n) is 4.26. The Morgan fingerprint density at radius 2 is 1.65 bits per heavy atom. The molecule has 0 spiro atoms. The van der Waals surface area contributed by atoms with Gasteiger partial charge < -0.3 is 0 Å². The fourth-order valence-electron chi connectivity index (χ4n) is 1.73. The first-order valence-electron chi connectivity index (χ1n) is 6.41. The quantitative estimate of drug-likeness (QED) is 0.818. The van der Waals surface area contributed by atoms with Gasteiger partial charge in [-0.1, -0.05) is 30.3 Å². The molecule has 102 valence electrons. The van der Waals surface area contributed by atoms with Crippen LogP contribution in [0.15, 0.2) is 48.8 Å². The first-order chi connectivity index (χ1) is 9.75. The number of aromatic nitrogens is 2. The smallest absolute Gasteiger partial charge is 0.229 e. The lowest BCUT2D eigenvalue weighted by Gasteiger charge is -2.03. The highest BCUT2D eigenvalue weighted by atomic mass is 16.1. The van der Waals surface area contributed by atoms with Gasteiger partial charge in [0, 0.05) is 30.8 Å². The van der Waals surface area contributed by atoms with Gasteiger partial charge in [0.25, 0.3) is 0 Å². The highest BCUT2D eigenvalue weighted by Gasteiger charge is 2.08. The normalized spacial score (nSPS) is 10.0. The van der Waals surface area contributed by atoms with Crippen LogP contribution in [0.1, 0.15) is 29.6 Å². The van der Waals surface area contributed by atoms with Crippen molar-refractivity contribution in [1.82, 2.24) is 9.97 Å². The first-order valence-corrected chi connectivity index (χ1v) is 6.41. The molecule has 1 aromatic carbocycles. The minimum atomic E-state index is -0.183. The average Bonchev–Trinajstić information content (AvgIpc) is 2.49. The van der Waals surface area contributed by atoms with E-state index in [2.05, 4.69) is 15.3 Å². The molecule has 0 aliphatic heterocycles. The predicted molar refractivity (Wildman–Crippen MR) is 75.3 cm³/mol. The van der Waals surface area contributed by atoms with E-state index in [1.165, 1.54) is 0 Å². The maximum absolute atomic E-state index is 11.8. The Labute approximate surface area is 117 Å². The van der Waals surface area contributed by atoms with Crippen LogP contribution >= 0.6 is 0 Å². The standard InChI is InChI=1S/C15H15N3O2/c19-13(12-6-2-1-3-7-12)8-4-9-14(20)18-15-16-10-5-11-17-15/h1-3,5-7,10-11H,4,8-9H2,(H,16,17,18,20). The van der Waals surface area contributed by atoms with Crippen molar-refractivity contribution in [2.24, 2.45) is 0 Å². The van der Waals surface area contributed by atoms with Crippen LogP contribution in [0.25, 0.3) is 0 Å². The van der Waals surface area contributed by atoms with Crippen molar-refractivity contribution in [3.63, 3.8) is 0 Å². The lowest BCUT2D eigenvalue weighted by atomic mass is 10.1. The molecule has 2 aromatic rings. The molecule has 0 atom stereocenters. The Hall–Kier alpha value is -2.56. The third-order valence-electron chi connectivity index (χ3n) is 2.72. The molecule has 1 aromatic heterocycles. The van der Waals surface area contributed by atoms with Gasteiger partial charge in [-0.25, -0.2) is 9.97 Å². The molecule has 0 unspecified atom stereocenters. The fraction of sp³-hybridized carbons (Fsp3) is 0.200. The number of nitrogens with one attached hydrogen (secondary N) is 1. The van der Waals surface area contributed by atoms with E-state index in [1.807, 2.05) is 18.2 Å². The van der Waals surface area contributed by atoms with Crippen LogP contribution in [-0.4, -0.2) is 21.7 Å². The number of Topliss-reactive ketones (excluding diaryl/α,β-unsaturated/α-hetero) is 1. The van der Waals surface area contributed by atoms with Gasteiger partial charge >= 0.3 is 0 Å². The third kappa shape index (κ3) is 4.28. The number of ketones is 1. The summed E-state index contributed by atoms with van der Waals surface area (Å²) < 4.78 is 0. The molecule has 5 nitrogen and oxygen atoms in total. The summed E-state index contributed by atoms with van der Waals surface area (Å²) in [6, 6.07) is 10.7. The molecule has 0 aliphatic carbocycles. The maximum atomic E-state index is 11.8. The molecular formula is C15H15N3O2. The van der Waals surface area contributed by atoms with E-state index >= 15 is 0 Å². The molecule has 0 saturated carbocycles. The van der Waals surface area contributed by atoms with Crippen molar-refractivity contribution in [2.75, 3.05) is 5.32 Å². The molecule has 0 saturated heterocycles. The number of carbonyl (C=O) groups excluding carboxylic acids is 2. The molecule has 0 radical (unpaired) electrons. The number of carbonyl (C=O) groups is 2. The van der Waals surface area contributed by atoms with Crippen LogP contribution in [0.3, 0.4) is 0 Å². The van der Waals surface area contributed by atoms with E-state index in [0.717, 1.165) is 0 Å². The molecule has 20 heavy (non-hydrogen) atoms. The molecule has 1 amide bonds. The highest BCUT2D eigenvalue weighted by molar-refractivity contribution is 5.96. The summed E-state index contributed by atoms with van der Waals surface area (Å²) in [5.41, 5.74) is 0.680. The van der Waals surface area contributed by atoms with Crippen molar-refractivity contribution in [1.29, 1.82) is 0 Å². The number of rotatable bonds is 6. The highest BCUT2D eigenvalue weighted by Crippen LogP contribution is 2.07. The second-order valence-corrected chi connectivity index (χ2v) is 4.26. The van der Waals surface area contributed by atoms with Crippen LogP contribution < -0.4 is 5.32 Å². The summed E-state index contributed by atoms with van der Waals surface area (Å²) in [6.45, 7) is 0. The summed E-state index contributed by atoms with van der Waals surface area (Å²) in [7, 11) is 0. The van der Waals surface area contributed by atoms with Gasteiger partial charge in [0.2, 0.25) is 11.9 Å². The Morgan fingerprint density at radius 1 is 0.950 bits per heavy atom. The zero-order valence-electron chi connectivity index (χ0n) is 11.0. The number of amides is 1. The Morgan fingerprint density at radius 3 is 2.35 bits per heavy atom. The molecule has 0 fully saturated rings. The monoisotopic (exact) mass is 269 g/mol. The summed E-state index contributed by atoms with van der Waals surface area (Å²) in [5.74, 6) is 0.151. The molecule has 0 bridgehead atoms. The van der Waals surface area contributed by atoms with Crippen LogP contribution in [0.5, 0.6) is 0 Å². The van der Waals surface area contributed by atoms with E-state index in [1.54, 1.807) is 30.6 Å². The van der Waals surface area contributed by atoms with Crippen LogP contribution in [-0.2, 0) is 4.79 Å². The van der Waals surface area contributed by atoms with Gasteiger partial charge in [0.05, 0.1) is 0 Å². The van der Waals surface area contributed by atoms with Crippen LogP contribution in [0, 0.1) is 0 Å². The van der Waals surface area contributed by atoms with E-state index in [-0.39, 0.29) is 24.1 Å². The molecular weight excluding hydrogens is 254 g/mol. The molecule has 1 heterocycles. The Bertz CT molecular complexity index is 570. The van der Waals surface area contributed by atoms with E-state index in [9.17, 15) is 9.59 Å². The van der Waals surface area contributed by atoms with E-state index in [4.69, 9.17) is 0 Å². The minimum absolute atomic E-state index is 0.0503. The largest absolute Gasteiger partial charge is 0.295 e. The SMILES string of the molecule is O=C(CCCC(=O)c1ccccc1)Nc1ncccn1. The molecule has 1 N–H and O–H groups in total. The van der Waals surface area contributed by atoms with Gasteiger partial charge in [-0.15, -0.1) is 0 Å². The average molecular weight is 269 g/mol. The zero-order chi connectivity index (χ0) is 14.2. The van der Waals surface area contributed by atoms with Crippen LogP contribution in [0.2, 0.25) is 0 Å². The summed E-state index contributed by atoms with van der Waals surface area (Å²) in [6.07, 6.45) is 4.25. The summed E-state index contributed by atoms with van der Waals surface area (Å²) >= 11 is 0. The van der Waals surface area contributed by atoms with Gasteiger partial charge in [-0.05, 0) is 12.5 Å². The van der Waals surface area contributed by atoms with Gasteiger partial charge in [-0.3, -0.25) is 14.9 Å². The third-order valence-corrected chi connectivity index (χ3v) is 2.72. The van der Waals surface area contributed by atoms with Crippen molar-refractivity contribution >= 4 is 17.6 Å². The Kier molecular flexibility index (Phi) is 4.94. The van der Waals surface area contributed by atoms with E-state index in [0.29, 0.717) is 18.4 Å². The van der Waals surface area contributed by atoms with Gasteiger partial charge in [-0.2, -0.15) is 0 Å². The first kappa shape index (κ1) is 13.9. The van der Waals surface area contributed by atoms with Crippen molar-refractivity contribution in [3.8, 4) is 0 Å². The summed E-state index contributed by atoms with van der Waals surface area (Å²) in [4.78, 5) is 31.3. The lowest BCUT2D eigenvalue weighted by molar-refractivity contribution is -0.116. The number of hydrogen-bond donors (Lipinski definition) is 1. The van der Waals surface area contributed by atoms with Crippen molar-refractivity contribution in [2.45, 2.75) is 19.3 Å².